The second kappa shape index (κ2) is 5.06. The van der Waals surface area contributed by atoms with E-state index in [4.69, 9.17) is 22.1 Å². The summed E-state index contributed by atoms with van der Waals surface area (Å²) in [6, 6.07) is 3.77. The summed E-state index contributed by atoms with van der Waals surface area (Å²) in [5, 5.41) is 0.504. The van der Waals surface area contributed by atoms with E-state index in [1.807, 2.05) is 6.92 Å². The summed E-state index contributed by atoms with van der Waals surface area (Å²) >= 11 is 6.25. The lowest BCUT2D eigenvalue weighted by atomic mass is 10.1. The number of hydrogen-bond donors (Lipinski definition) is 1. The predicted octanol–water partition coefficient (Wildman–Crippen LogP) is 2.70. The molecule has 0 aromatic heterocycles. The highest BCUT2D eigenvalue weighted by Gasteiger charge is 2.32. The molecular formula is C13H17ClN2O2. The maximum absolute atomic E-state index is 11.8. The van der Waals surface area contributed by atoms with Gasteiger partial charge in [-0.05, 0) is 31.9 Å². The van der Waals surface area contributed by atoms with Crippen molar-refractivity contribution in [2.45, 2.75) is 25.8 Å². The number of anilines is 2. The largest absolute Gasteiger partial charge is 0.465 e. The molecule has 2 rings (SSSR count). The van der Waals surface area contributed by atoms with Crippen molar-refractivity contribution < 1.29 is 9.53 Å². The molecule has 98 valence electrons. The second-order valence-electron chi connectivity index (χ2n) is 4.41. The molecule has 1 aliphatic rings. The fourth-order valence-electron chi connectivity index (χ4n) is 2.16. The standard InChI is InChI=1S/C13H17ClN2O2/c1-3-16(9-4-5-9)12-10(13(17)18-2)6-8(15)7-11(12)14/h6-7,9H,3-5,15H2,1-2H3. The van der Waals surface area contributed by atoms with Crippen LogP contribution in [0.1, 0.15) is 30.1 Å². The molecule has 1 fully saturated rings. The third-order valence-corrected chi connectivity index (χ3v) is 3.39. The molecule has 0 saturated heterocycles. The lowest BCUT2D eigenvalue weighted by molar-refractivity contribution is 0.0601. The minimum atomic E-state index is -0.404. The van der Waals surface area contributed by atoms with Crippen LogP contribution in [0, 0.1) is 0 Å². The Kier molecular flexibility index (Phi) is 3.66. The first kappa shape index (κ1) is 13.0. The third kappa shape index (κ3) is 2.38. The number of esters is 1. The molecule has 0 atom stereocenters. The lowest BCUT2D eigenvalue weighted by Crippen LogP contribution is -2.27. The summed E-state index contributed by atoms with van der Waals surface area (Å²) in [5.41, 5.74) is 7.39. The Morgan fingerprint density at radius 3 is 2.72 bits per heavy atom. The molecule has 1 aromatic carbocycles. The Hall–Kier alpha value is -1.42. The number of nitrogens with two attached hydrogens (primary N) is 1. The molecule has 1 saturated carbocycles. The average molecular weight is 269 g/mol. The maximum atomic E-state index is 11.8. The molecule has 0 spiro atoms. The molecule has 0 bridgehead atoms. The van der Waals surface area contributed by atoms with Crippen LogP contribution in [-0.4, -0.2) is 25.7 Å². The number of methoxy groups -OCH3 is 1. The first-order valence-corrected chi connectivity index (χ1v) is 6.40. The summed E-state index contributed by atoms with van der Waals surface area (Å²) in [6.45, 7) is 2.85. The maximum Gasteiger partial charge on any atom is 0.340 e. The van der Waals surface area contributed by atoms with Gasteiger partial charge in [-0.1, -0.05) is 11.6 Å². The summed E-state index contributed by atoms with van der Waals surface area (Å²) in [4.78, 5) is 14.0. The molecule has 0 amide bonds. The molecule has 0 heterocycles. The van der Waals surface area contributed by atoms with Crippen molar-refractivity contribution in [3.05, 3.63) is 22.7 Å². The number of carbonyl (C=O) groups excluding carboxylic acids is 1. The fraction of sp³-hybridized carbons (Fsp3) is 0.462. The summed E-state index contributed by atoms with van der Waals surface area (Å²) in [5.74, 6) is -0.404. The lowest BCUT2D eigenvalue weighted by Gasteiger charge is -2.26. The van der Waals surface area contributed by atoms with Crippen LogP contribution in [0.3, 0.4) is 0 Å². The molecule has 18 heavy (non-hydrogen) atoms. The Morgan fingerprint density at radius 2 is 2.22 bits per heavy atom. The quantitative estimate of drug-likeness (QED) is 0.674. The highest BCUT2D eigenvalue weighted by Crippen LogP contribution is 2.39. The molecular weight excluding hydrogens is 252 g/mol. The van der Waals surface area contributed by atoms with E-state index in [2.05, 4.69) is 4.90 Å². The predicted molar refractivity (Wildman–Crippen MR) is 73.2 cm³/mol. The topological polar surface area (TPSA) is 55.6 Å². The van der Waals surface area contributed by atoms with E-state index >= 15 is 0 Å². The highest BCUT2D eigenvalue weighted by atomic mass is 35.5. The van der Waals surface area contributed by atoms with Gasteiger partial charge in [-0.3, -0.25) is 0 Å². The third-order valence-electron chi connectivity index (χ3n) is 3.11. The number of halogens is 1. The number of nitrogens with zero attached hydrogens (tertiary/aromatic N) is 1. The van der Waals surface area contributed by atoms with Crippen molar-refractivity contribution >= 4 is 28.9 Å². The zero-order valence-corrected chi connectivity index (χ0v) is 11.3. The van der Waals surface area contributed by atoms with Crippen LogP contribution in [0.25, 0.3) is 0 Å². The monoisotopic (exact) mass is 268 g/mol. The van der Waals surface area contributed by atoms with Crippen LogP contribution >= 0.6 is 11.6 Å². The fourth-order valence-corrected chi connectivity index (χ4v) is 2.50. The van der Waals surface area contributed by atoms with Gasteiger partial charge in [0.1, 0.15) is 0 Å². The van der Waals surface area contributed by atoms with Crippen molar-refractivity contribution in [2.24, 2.45) is 0 Å². The van der Waals surface area contributed by atoms with Crippen LogP contribution in [0.4, 0.5) is 11.4 Å². The zero-order valence-electron chi connectivity index (χ0n) is 10.6. The minimum Gasteiger partial charge on any atom is -0.465 e. The van der Waals surface area contributed by atoms with Crippen molar-refractivity contribution in [2.75, 3.05) is 24.3 Å². The minimum absolute atomic E-state index is 0.404. The Labute approximate surface area is 112 Å². The van der Waals surface area contributed by atoms with Crippen LogP contribution in [-0.2, 0) is 4.74 Å². The van der Waals surface area contributed by atoms with Gasteiger partial charge in [0, 0.05) is 18.3 Å². The average Bonchev–Trinajstić information content (AvgIpc) is 3.15. The number of ether oxygens (including phenoxy) is 1. The van der Waals surface area contributed by atoms with E-state index in [0.717, 1.165) is 25.1 Å². The zero-order chi connectivity index (χ0) is 13.3. The van der Waals surface area contributed by atoms with E-state index in [1.165, 1.54) is 7.11 Å². The number of carbonyl (C=O) groups is 1. The molecule has 0 radical (unpaired) electrons. The molecule has 1 aromatic rings. The van der Waals surface area contributed by atoms with E-state index in [-0.39, 0.29) is 0 Å². The highest BCUT2D eigenvalue weighted by molar-refractivity contribution is 6.34. The first-order chi connectivity index (χ1) is 8.58. The van der Waals surface area contributed by atoms with Crippen molar-refractivity contribution in [3.63, 3.8) is 0 Å². The van der Waals surface area contributed by atoms with Crippen LogP contribution < -0.4 is 10.6 Å². The van der Waals surface area contributed by atoms with Crippen molar-refractivity contribution in [1.82, 2.24) is 0 Å². The van der Waals surface area contributed by atoms with E-state index < -0.39 is 5.97 Å². The van der Waals surface area contributed by atoms with Gasteiger partial charge in [-0.15, -0.1) is 0 Å². The van der Waals surface area contributed by atoms with Gasteiger partial charge in [0.2, 0.25) is 0 Å². The second-order valence-corrected chi connectivity index (χ2v) is 4.81. The summed E-state index contributed by atoms with van der Waals surface area (Å²) in [6.07, 6.45) is 2.27. The van der Waals surface area contributed by atoms with Crippen molar-refractivity contribution in [1.29, 1.82) is 0 Å². The normalized spacial score (nSPS) is 14.4. The molecule has 4 nitrogen and oxygen atoms in total. The van der Waals surface area contributed by atoms with Gasteiger partial charge in [0.05, 0.1) is 23.4 Å². The van der Waals surface area contributed by atoms with Crippen LogP contribution in [0.2, 0.25) is 5.02 Å². The van der Waals surface area contributed by atoms with E-state index in [0.29, 0.717) is 22.3 Å². The number of hydrogen-bond acceptors (Lipinski definition) is 4. The number of nitrogen functional groups attached to an aromatic ring is 1. The smallest absolute Gasteiger partial charge is 0.340 e. The van der Waals surface area contributed by atoms with Gasteiger partial charge in [0.25, 0.3) is 0 Å². The van der Waals surface area contributed by atoms with Gasteiger partial charge in [-0.2, -0.15) is 0 Å². The Balaban J connectivity index is 2.51. The number of rotatable bonds is 4. The number of benzene rings is 1. The summed E-state index contributed by atoms with van der Waals surface area (Å²) < 4.78 is 4.80. The van der Waals surface area contributed by atoms with Gasteiger partial charge in [0.15, 0.2) is 0 Å². The van der Waals surface area contributed by atoms with Crippen LogP contribution in [0.5, 0.6) is 0 Å². The SMILES string of the molecule is CCN(c1c(Cl)cc(N)cc1C(=O)OC)C1CC1. The van der Waals surface area contributed by atoms with Crippen LogP contribution in [0.15, 0.2) is 12.1 Å². The molecule has 5 heteroatoms. The molecule has 0 unspecified atom stereocenters. The van der Waals surface area contributed by atoms with Crippen molar-refractivity contribution in [3.8, 4) is 0 Å². The van der Waals surface area contributed by atoms with E-state index in [1.54, 1.807) is 12.1 Å². The van der Waals surface area contributed by atoms with Gasteiger partial charge in [-0.25, -0.2) is 4.79 Å². The van der Waals surface area contributed by atoms with Gasteiger partial charge >= 0.3 is 5.97 Å². The summed E-state index contributed by atoms with van der Waals surface area (Å²) in [7, 11) is 1.36. The first-order valence-electron chi connectivity index (χ1n) is 6.02. The van der Waals surface area contributed by atoms with Gasteiger partial charge < -0.3 is 15.4 Å². The molecule has 1 aliphatic carbocycles. The molecule has 0 aliphatic heterocycles. The van der Waals surface area contributed by atoms with E-state index in [9.17, 15) is 4.79 Å². The Bertz CT molecular complexity index is 472. The Morgan fingerprint density at radius 1 is 1.56 bits per heavy atom. The molecule has 2 N–H and O–H groups in total.